The molecule has 0 fully saturated rings. The third-order valence-electron chi connectivity index (χ3n) is 4.29. The zero-order valence-corrected chi connectivity index (χ0v) is 13.5. The van der Waals surface area contributed by atoms with Gasteiger partial charge in [-0.05, 0) is 30.9 Å². The number of nitrogens with zero attached hydrogens (tertiary/aromatic N) is 4. The number of hydrogen-bond donors (Lipinski definition) is 0. The van der Waals surface area contributed by atoms with Gasteiger partial charge in [-0.3, -0.25) is 4.79 Å². The molecule has 0 saturated heterocycles. The van der Waals surface area contributed by atoms with Crippen LogP contribution in [0.15, 0.2) is 30.3 Å². The number of carbonyl (C=O) groups is 1. The number of Topliss-reactive ketones (excluding diaryl/α,β-unsaturated/α-hetero) is 1. The number of aryl methyl sites for hydroxylation is 1. The highest BCUT2D eigenvalue weighted by Gasteiger charge is 2.34. The van der Waals surface area contributed by atoms with Crippen LogP contribution in [0.25, 0.3) is 16.9 Å². The van der Waals surface area contributed by atoms with Gasteiger partial charge in [0.25, 0.3) is 0 Å². The van der Waals surface area contributed by atoms with Crippen molar-refractivity contribution in [2.75, 3.05) is 0 Å². The first kappa shape index (κ1) is 14.1. The summed E-state index contributed by atoms with van der Waals surface area (Å²) in [6.45, 7) is 6.10. The molecule has 0 bridgehead atoms. The lowest BCUT2D eigenvalue weighted by atomic mass is 9.77. The molecule has 5 nitrogen and oxygen atoms in total. The molecule has 0 atom stereocenters. The van der Waals surface area contributed by atoms with Crippen molar-refractivity contribution < 1.29 is 4.79 Å². The van der Waals surface area contributed by atoms with Crippen molar-refractivity contribution in [3.05, 3.63) is 47.4 Å². The summed E-state index contributed by atoms with van der Waals surface area (Å²) in [4.78, 5) is 21.8. The van der Waals surface area contributed by atoms with Crippen LogP contribution in [0.4, 0.5) is 0 Å². The summed E-state index contributed by atoms with van der Waals surface area (Å²) in [5, 5.41) is 4.57. The topological polar surface area (TPSA) is 60.7 Å². The van der Waals surface area contributed by atoms with Gasteiger partial charge in [0.2, 0.25) is 0 Å². The number of aromatic nitrogens is 4. The molecule has 1 aliphatic carbocycles. The van der Waals surface area contributed by atoms with Crippen LogP contribution in [0.1, 0.15) is 42.1 Å². The fourth-order valence-electron chi connectivity index (χ4n) is 3.23. The number of benzene rings is 1. The zero-order chi connectivity index (χ0) is 16.2. The molecule has 2 heterocycles. The van der Waals surface area contributed by atoms with Gasteiger partial charge in [-0.2, -0.15) is 5.10 Å². The highest BCUT2D eigenvalue weighted by Crippen LogP contribution is 2.34. The van der Waals surface area contributed by atoms with E-state index >= 15 is 0 Å². The fourth-order valence-corrected chi connectivity index (χ4v) is 3.23. The minimum absolute atomic E-state index is 0.0704. The number of ketones is 1. The van der Waals surface area contributed by atoms with Crippen LogP contribution >= 0.6 is 0 Å². The maximum absolute atomic E-state index is 12.4. The Morgan fingerprint density at radius 3 is 2.57 bits per heavy atom. The van der Waals surface area contributed by atoms with E-state index < -0.39 is 0 Å². The highest BCUT2D eigenvalue weighted by molar-refractivity contribution is 5.98. The first-order valence-corrected chi connectivity index (χ1v) is 7.79. The molecule has 0 aliphatic heterocycles. The van der Waals surface area contributed by atoms with E-state index in [9.17, 15) is 4.79 Å². The summed E-state index contributed by atoms with van der Waals surface area (Å²) in [5.41, 5.74) is 4.40. The lowest BCUT2D eigenvalue weighted by molar-refractivity contribution is 0.0904. The number of fused-ring (bicyclic) bond motifs is 2. The van der Waals surface area contributed by atoms with E-state index in [0.717, 1.165) is 29.1 Å². The van der Waals surface area contributed by atoms with Gasteiger partial charge in [0.1, 0.15) is 11.2 Å². The first-order chi connectivity index (χ1) is 10.9. The van der Waals surface area contributed by atoms with Gasteiger partial charge in [-0.25, -0.2) is 14.6 Å². The van der Waals surface area contributed by atoms with E-state index in [0.29, 0.717) is 17.6 Å². The molecule has 116 valence electrons. The van der Waals surface area contributed by atoms with Crippen molar-refractivity contribution in [1.82, 2.24) is 19.7 Å². The minimum atomic E-state index is -0.0704. The SMILES string of the molecule is Cc1nn(-c2ccccc2)c2nc3c(nc12)C(=O)CC(C)(C)C3. The third kappa shape index (κ3) is 2.23. The summed E-state index contributed by atoms with van der Waals surface area (Å²) in [6.07, 6.45) is 1.28. The summed E-state index contributed by atoms with van der Waals surface area (Å²) in [7, 11) is 0. The minimum Gasteiger partial charge on any atom is -0.292 e. The Hall–Kier alpha value is -2.56. The molecule has 0 unspecified atom stereocenters. The largest absolute Gasteiger partial charge is 0.292 e. The van der Waals surface area contributed by atoms with Crippen LogP contribution in [0.2, 0.25) is 0 Å². The Labute approximate surface area is 134 Å². The van der Waals surface area contributed by atoms with E-state index in [1.807, 2.05) is 41.9 Å². The molecular formula is C18H18N4O. The van der Waals surface area contributed by atoms with Crippen molar-refractivity contribution in [1.29, 1.82) is 0 Å². The second-order valence-corrected chi connectivity index (χ2v) is 6.96. The average molecular weight is 306 g/mol. The third-order valence-corrected chi connectivity index (χ3v) is 4.29. The Morgan fingerprint density at radius 2 is 1.83 bits per heavy atom. The number of para-hydroxylation sites is 1. The summed E-state index contributed by atoms with van der Waals surface area (Å²) < 4.78 is 1.81. The molecule has 1 aromatic carbocycles. The van der Waals surface area contributed by atoms with Gasteiger partial charge in [-0.15, -0.1) is 0 Å². The Morgan fingerprint density at radius 1 is 1.09 bits per heavy atom. The number of hydrogen-bond acceptors (Lipinski definition) is 4. The summed E-state index contributed by atoms with van der Waals surface area (Å²) >= 11 is 0. The Bertz CT molecular complexity index is 925. The molecule has 0 spiro atoms. The Balaban J connectivity index is 1.98. The molecule has 0 radical (unpaired) electrons. The van der Waals surface area contributed by atoms with Crippen molar-refractivity contribution >= 4 is 16.9 Å². The van der Waals surface area contributed by atoms with Gasteiger partial charge in [0.05, 0.1) is 17.1 Å². The van der Waals surface area contributed by atoms with Crippen molar-refractivity contribution in [3.63, 3.8) is 0 Å². The fraction of sp³-hybridized carbons (Fsp3) is 0.333. The zero-order valence-electron chi connectivity index (χ0n) is 13.5. The highest BCUT2D eigenvalue weighted by atomic mass is 16.1. The van der Waals surface area contributed by atoms with Crippen LogP contribution in [-0.2, 0) is 6.42 Å². The van der Waals surface area contributed by atoms with E-state index in [-0.39, 0.29) is 11.2 Å². The van der Waals surface area contributed by atoms with Crippen LogP contribution in [0, 0.1) is 12.3 Å². The van der Waals surface area contributed by atoms with Gasteiger partial charge < -0.3 is 0 Å². The number of rotatable bonds is 1. The maximum atomic E-state index is 12.4. The normalized spacial score (nSPS) is 16.6. The predicted octanol–water partition coefficient (Wildman–Crippen LogP) is 3.28. The molecule has 1 aliphatic rings. The lowest BCUT2D eigenvalue weighted by Crippen LogP contribution is -2.29. The standard InChI is InChI=1S/C18H18N4O/c1-11-15-17(22(21-11)12-7-5-4-6-8-12)19-13-9-18(2,3)10-14(23)16(13)20-15/h4-8H,9-10H2,1-3H3. The van der Waals surface area contributed by atoms with Crippen LogP contribution < -0.4 is 0 Å². The molecule has 23 heavy (non-hydrogen) atoms. The van der Waals surface area contributed by atoms with Crippen molar-refractivity contribution in [3.8, 4) is 5.69 Å². The predicted molar refractivity (Wildman–Crippen MR) is 87.8 cm³/mol. The Kier molecular flexibility index (Phi) is 2.88. The van der Waals surface area contributed by atoms with Crippen LogP contribution in [0.3, 0.4) is 0 Å². The van der Waals surface area contributed by atoms with Gasteiger partial charge in [0.15, 0.2) is 11.4 Å². The summed E-state index contributed by atoms with van der Waals surface area (Å²) in [5.74, 6) is 0.0810. The monoisotopic (exact) mass is 306 g/mol. The van der Waals surface area contributed by atoms with Gasteiger partial charge in [-0.1, -0.05) is 32.0 Å². The van der Waals surface area contributed by atoms with E-state index in [1.165, 1.54) is 0 Å². The quantitative estimate of drug-likeness (QED) is 0.692. The van der Waals surface area contributed by atoms with E-state index in [1.54, 1.807) is 0 Å². The molecule has 0 saturated carbocycles. The summed E-state index contributed by atoms with van der Waals surface area (Å²) in [6, 6.07) is 9.88. The van der Waals surface area contributed by atoms with E-state index in [4.69, 9.17) is 4.98 Å². The smallest absolute Gasteiger partial charge is 0.183 e. The molecule has 5 heteroatoms. The molecule has 3 aromatic rings. The second-order valence-electron chi connectivity index (χ2n) is 6.96. The van der Waals surface area contributed by atoms with E-state index in [2.05, 4.69) is 23.9 Å². The lowest BCUT2D eigenvalue weighted by Gasteiger charge is -2.28. The maximum Gasteiger partial charge on any atom is 0.183 e. The van der Waals surface area contributed by atoms with Crippen molar-refractivity contribution in [2.45, 2.75) is 33.6 Å². The molecule has 2 aromatic heterocycles. The van der Waals surface area contributed by atoms with Crippen molar-refractivity contribution in [2.24, 2.45) is 5.41 Å². The van der Waals surface area contributed by atoms with Gasteiger partial charge in [0, 0.05) is 6.42 Å². The number of carbonyl (C=O) groups excluding carboxylic acids is 1. The molecule has 0 N–H and O–H groups in total. The molecule has 4 rings (SSSR count). The van der Waals surface area contributed by atoms with Crippen LogP contribution in [-0.4, -0.2) is 25.5 Å². The van der Waals surface area contributed by atoms with Crippen LogP contribution in [0.5, 0.6) is 0 Å². The second kappa shape index (κ2) is 4.72. The van der Waals surface area contributed by atoms with Gasteiger partial charge >= 0.3 is 0 Å². The first-order valence-electron chi connectivity index (χ1n) is 7.79. The molecular weight excluding hydrogens is 288 g/mol. The molecule has 0 amide bonds. The average Bonchev–Trinajstić information content (AvgIpc) is 2.82.